The molecule has 1 unspecified atom stereocenters. The zero-order valence-corrected chi connectivity index (χ0v) is 13.3. The Morgan fingerprint density at radius 1 is 1.38 bits per heavy atom. The quantitative estimate of drug-likeness (QED) is 0.868. The van der Waals surface area contributed by atoms with Crippen LogP contribution in [0.1, 0.15) is 35.7 Å². The number of carbonyl (C=O) groups excluding carboxylic acids is 1. The van der Waals surface area contributed by atoms with E-state index in [0.717, 1.165) is 17.8 Å². The Morgan fingerprint density at radius 3 is 2.71 bits per heavy atom. The van der Waals surface area contributed by atoms with E-state index in [2.05, 4.69) is 10.6 Å². The molecule has 1 aromatic carbocycles. The summed E-state index contributed by atoms with van der Waals surface area (Å²) in [5.41, 5.74) is 2.44. The van der Waals surface area contributed by atoms with Crippen LogP contribution in [-0.2, 0) is 9.84 Å². The minimum absolute atomic E-state index is 0.204. The summed E-state index contributed by atoms with van der Waals surface area (Å²) < 4.78 is 23.5. The van der Waals surface area contributed by atoms with Crippen molar-refractivity contribution in [1.82, 2.24) is 5.32 Å². The summed E-state index contributed by atoms with van der Waals surface area (Å²) in [5.74, 6) is 0.0295. The van der Waals surface area contributed by atoms with E-state index in [0.29, 0.717) is 18.4 Å². The van der Waals surface area contributed by atoms with Gasteiger partial charge in [0.15, 0.2) is 9.84 Å². The minimum Gasteiger partial charge on any atom is -0.385 e. The van der Waals surface area contributed by atoms with Gasteiger partial charge in [0, 0.05) is 24.3 Å². The number of aryl methyl sites for hydroxylation is 1. The highest BCUT2D eigenvalue weighted by molar-refractivity contribution is 7.92. The predicted molar refractivity (Wildman–Crippen MR) is 84.5 cm³/mol. The number of rotatable bonds is 5. The summed E-state index contributed by atoms with van der Waals surface area (Å²) >= 11 is 0. The Bertz CT molecular complexity index is 626. The first-order valence-electron chi connectivity index (χ1n) is 7.28. The molecule has 1 aromatic rings. The van der Waals surface area contributed by atoms with Crippen LogP contribution in [0.3, 0.4) is 0 Å². The Balaban J connectivity index is 2.00. The molecule has 6 heteroatoms. The number of sulfone groups is 1. The standard InChI is InChI=1S/C15H22N2O3S/c1-3-16-12-6-7-14(11(2)9-12)15(18)17-10-13-5-4-8-21(13,19)20/h6-7,9,13,16H,3-5,8,10H2,1-2H3,(H,17,18). The molecule has 21 heavy (non-hydrogen) atoms. The molecule has 1 atom stereocenters. The predicted octanol–water partition coefficient (Wildman–Crippen LogP) is 1.73. The van der Waals surface area contributed by atoms with Crippen molar-refractivity contribution < 1.29 is 13.2 Å². The molecule has 5 nitrogen and oxygen atoms in total. The highest BCUT2D eigenvalue weighted by atomic mass is 32.2. The fraction of sp³-hybridized carbons (Fsp3) is 0.533. The van der Waals surface area contributed by atoms with Gasteiger partial charge in [0.1, 0.15) is 0 Å². The van der Waals surface area contributed by atoms with Crippen LogP contribution in [0.25, 0.3) is 0 Å². The fourth-order valence-corrected chi connectivity index (χ4v) is 4.39. The maximum atomic E-state index is 12.2. The molecule has 0 aromatic heterocycles. The number of benzene rings is 1. The summed E-state index contributed by atoms with van der Waals surface area (Å²) in [7, 11) is -3.01. The van der Waals surface area contributed by atoms with Crippen molar-refractivity contribution in [2.24, 2.45) is 0 Å². The lowest BCUT2D eigenvalue weighted by molar-refractivity contribution is 0.0953. The lowest BCUT2D eigenvalue weighted by atomic mass is 10.1. The molecule has 0 radical (unpaired) electrons. The van der Waals surface area contributed by atoms with Crippen LogP contribution in [0, 0.1) is 6.92 Å². The number of nitrogens with one attached hydrogen (secondary N) is 2. The van der Waals surface area contributed by atoms with Crippen LogP contribution in [0.4, 0.5) is 5.69 Å². The van der Waals surface area contributed by atoms with E-state index in [1.54, 1.807) is 6.07 Å². The first kappa shape index (κ1) is 15.8. The SMILES string of the molecule is CCNc1ccc(C(=O)NCC2CCCS2(=O)=O)c(C)c1. The molecule has 0 bridgehead atoms. The summed E-state index contributed by atoms with van der Waals surface area (Å²) in [6.07, 6.45) is 1.33. The van der Waals surface area contributed by atoms with Crippen molar-refractivity contribution in [2.45, 2.75) is 31.9 Å². The van der Waals surface area contributed by atoms with E-state index >= 15 is 0 Å². The van der Waals surface area contributed by atoms with Gasteiger partial charge in [-0.2, -0.15) is 0 Å². The summed E-state index contributed by atoms with van der Waals surface area (Å²) in [6.45, 7) is 4.92. The smallest absolute Gasteiger partial charge is 0.251 e. The third kappa shape index (κ3) is 3.75. The van der Waals surface area contributed by atoms with Crippen LogP contribution in [0.2, 0.25) is 0 Å². The minimum atomic E-state index is -3.01. The van der Waals surface area contributed by atoms with Crippen LogP contribution >= 0.6 is 0 Å². The molecule has 2 rings (SSSR count). The fourth-order valence-electron chi connectivity index (χ4n) is 2.62. The molecule has 1 saturated heterocycles. The molecule has 0 saturated carbocycles. The van der Waals surface area contributed by atoms with Crippen molar-refractivity contribution in [1.29, 1.82) is 0 Å². The third-order valence-electron chi connectivity index (χ3n) is 3.81. The van der Waals surface area contributed by atoms with Crippen LogP contribution in [-0.4, -0.2) is 38.4 Å². The van der Waals surface area contributed by atoms with Gasteiger partial charge >= 0.3 is 0 Å². The maximum Gasteiger partial charge on any atom is 0.251 e. The highest BCUT2D eigenvalue weighted by Gasteiger charge is 2.31. The first-order valence-corrected chi connectivity index (χ1v) is 9.00. The molecule has 1 heterocycles. The Hall–Kier alpha value is -1.56. The maximum absolute atomic E-state index is 12.2. The van der Waals surface area contributed by atoms with Gasteiger partial charge in [0.2, 0.25) is 0 Å². The second-order valence-electron chi connectivity index (χ2n) is 5.40. The molecular formula is C15H22N2O3S. The van der Waals surface area contributed by atoms with E-state index in [4.69, 9.17) is 0 Å². The molecule has 1 aliphatic rings. The molecular weight excluding hydrogens is 288 g/mol. The van der Waals surface area contributed by atoms with Gasteiger partial charge in [-0.3, -0.25) is 4.79 Å². The molecule has 1 aliphatic heterocycles. The molecule has 116 valence electrons. The van der Waals surface area contributed by atoms with E-state index in [-0.39, 0.29) is 18.2 Å². The zero-order chi connectivity index (χ0) is 15.5. The van der Waals surface area contributed by atoms with E-state index in [9.17, 15) is 13.2 Å². The van der Waals surface area contributed by atoms with Crippen molar-refractivity contribution in [3.63, 3.8) is 0 Å². The lowest BCUT2D eigenvalue weighted by Crippen LogP contribution is -2.34. The van der Waals surface area contributed by atoms with Crippen LogP contribution in [0.5, 0.6) is 0 Å². The van der Waals surface area contributed by atoms with E-state index < -0.39 is 15.1 Å². The molecule has 0 spiro atoms. The molecule has 1 amide bonds. The Morgan fingerprint density at radius 2 is 2.14 bits per heavy atom. The third-order valence-corrected chi connectivity index (χ3v) is 6.08. The van der Waals surface area contributed by atoms with Crippen molar-refractivity contribution in [3.05, 3.63) is 29.3 Å². The molecule has 0 aliphatic carbocycles. The number of anilines is 1. The summed E-state index contributed by atoms with van der Waals surface area (Å²) in [6, 6.07) is 5.55. The largest absolute Gasteiger partial charge is 0.385 e. The number of amides is 1. The average Bonchev–Trinajstić information content (AvgIpc) is 2.75. The van der Waals surface area contributed by atoms with Gasteiger partial charge in [0.25, 0.3) is 5.91 Å². The van der Waals surface area contributed by atoms with E-state index in [1.165, 1.54) is 0 Å². The molecule has 2 N–H and O–H groups in total. The van der Waals surface area contributed by atoms with Gasteiger partial charge in [-0.25, -0.2) is 8.42 Å². The normalized spacial score (nSPS) is 20.2. The van der Waals surface area contributed by atoms with Crippen molar-refractivity contribution in [2.75, 3.05) is 24.2 Å². The van der Waals surface area contributed by atoms with Crippen molar-refractivity contribution in [3.8, 4) is 0 Å². The summed E-state index contributed by atoms with van der Waals surface area (Å²) in [4.78, 5) is 12.2. The second kappa shape index (κ2) is 6.47. The average molecular weight is 310 g/mol. The number of carbonyl (C=O) groups is 1. The highest BCUT2D eigenvalue weighted by Crippen LogP contribution is 2.20. The second-order valence-corrected chi connectivity index (χ2v) is 7.80. The van der Waals surface area contributed by atoms with Gasteiger partial charge in [0.05, 0.1) is 11.0 Å². The lowest BCUT2D eigenvalue weighted by Gasteiger charge is -2.13. The van der Waals surface area contributed by atoms with Gasteiger partial charge in [-0.05, 0) is 50.5 Å². The topological polar surface area (TPSA) is 75.3 Å². The summed E-state index contributed by atoms with van der Waals surface area (Å²) in [5, 5.41) is 5.51. The number of hydrogen-bond acceptors (Lipinski definition) is 4. The van der Waals surface area contributed by atoms with Crippen LogP contribution < -0.4 is 10.6 Å². The Labute approximate surface area is 126 Å². The van der Waals surface area contributed by atoms with E-state index in [1.807, 2.05) is 26.0 Å². The van der Waals surface area contributed by atoms with Crippen molar-refractivity contribution >= 4 is 21.4 Å². The number of hydrogen-bond donors (Lipinski definition) is 2. The van der Waals surface area contributed by atoms with Crippen LogP contribution in [0.15, 0.2) is 18.2 Å². The van der Waals surface area contributed by atoms with Gasteiger partial charge < -0.3 is 10.6 Å². The van der Waals surface area contributed by atoms with Gasteiger partial charge in [-0.1, -0.05) is 0 Å². The monoisotopic (exact) mass is 310 g/mol. The zero-order valence-electron chi connectivity index (χ0n) is 12.5. The molecule has 1 fully saturated rings. The first-order chi connectivity index (χ1) is 9.94. The Kier molecular flexibility index (Phi) is 4.88. The van der Waals surface area contributed by atoms with Gasteiger partial charge in [-0.15, -0.1) is 0 Å².